The number of aliphatic carboxylic acids is 1. The second-order valence-corrected chi connectivity index (χ2v) is 12.8. The van der Waals surface area contributed by atoms with Crippen LogP contribution < -0.4 is 5.32 Å². The molecule has 9 heteroatoms. The highest BCUT2D eigenvalue weighted by Crippen LogP contribution is 2.39. The van der Waals surface area contributed by atoms with Crippen LogP contribution in [-0.4, -0.2) is 53.7 Å². The second-order valence-electron chi connectivity index (χ2n) is 8.05. The molecule has 0 aromatic carbocycles. The summed E-state index contributed by atoms with van der Waals surface area (Å²) in [7, 11) is -2.10. The lowest BCUT2D eigenvalue weighted by molar-refractivity contribution is -0.144. The predicted octanol–water partition coefficient (Wildman–Crippen LogP) is 1.47. The molecule has 25 heavy (non-hydrogen) atoms. The van der Waals surface area contributed by atoms with E-state index in [9.17, 15) is 14.4 Å². The van der Waals surface area contributed by atoms with Gasteiger partial charge in [0, 0.05) is 5.92 Å². The highest BCUT2D eigenvalue weighted by atomic mass is 28.4. The van der Waals surface area contributed by atoms with Gasteiger partial charge in [0.05, 0.1) is 18.1 Å². The van der Waals surface area contributed by atoms with E-state index in [0.717, 1.165) is 0 Å². The lowest BCUT2D eigenvalue weighted by Crippen LogP contribution is -2.67. The van der Waals surface area contributed by atoms with Crippen molar-refractivity contribution in [3.8, 4) is 0 Å². The highest BCUT2D eigenvalue weighted by molar-refractivity contribution is 6.74. The Morgan fingerprint density at radius 2 is 1.84 bits per heavy atom. The molecule has 0 aliphatic carbocycles. The Morgan fingerprint density at radius 3 is 2.20 bits per heavy atom. The summed E-state index contributed by atoms with van der Waals surface area (Å²) < 4.78 is 6.24. The molecule has 1 fully saturated rings. The first-order valence-electron chi connectivity index (χ1n) is 8.22. The van der Waals surface area contributed by atoms with E-state index in [2.05, 4.69) is 44.0 Å². The van der Waals surface area contributed by atoms with Gasteiger partial charge in [0.15, 0.2) is 8.32 Å². The maximum absolute atomic E-state index is 12.2. The summed E-state index contributed by atoms with van der Waals surface area (Å²) in [6, 6.07) is -0.559. The molecule has 1 amide bonds. The summed E-state index contributed by atoms with van der Waals surface area (Å²) in [6.07, 6.45) is -0.408. The highest BCUT2D eigenvalue weighted by Gasteiger charge is 2.52. The number of hydrogen-bond acceptors (Lipinski definition) is 4. The fourth-order valence-electron chi connectivity index (χ4n) is 2.65. The number of amides is 1. The maximum atomic E-state index is 12.2. The first-order valence-corrected chi connectivity index (χ1v) is 11.1. The molecular formula is C16H27N3O5Si. The second kappa shape index (κ2) is 7.19. The number of carbonyl (C=O) groups excluding carboxylic acids is 2. The van der Waals surface area contributed by atoms with Crippen molar-refractivity contribution >= 4 is 31.7 Å². The molecule has 1 aliphatic rings. The maximum Gasteiger partial charge on any atom is 0.441 e. The summed E-state index contributed by atoms with van der Waals surface area (Å²) in [4.78, 5) is 37.8. The van der Waals surface area contributed by atoms with E-state index in [1.54, 1.807) is 6.92 Å². The Bertz CT molecular complexity index is 634. The molecule has 0 spiro atoms. The van der Waals surface area contributed by atoms with Gasteiger partial charge in [-0.15, -0.1) is 0 Å². The van der Waals surface area contributed by atoms with Gasteiger partial charge in [-0.2, -0.15) is 4.79 Å². The average molecular weight is 369 g/mol. The average Bonchev–Trinajstić information content (AvgIpc) is 2.41. The van der Waals surface area contributed by atoms with Crippen LogP contribution in [0.3, 0.4) is 0 Å². The summed E-state index contributed by atoms with van der Waals surface area (Å²) in [5.41, 5.74) is 7.80. The molecule has 0 unspecified atom stereocenters. The molecule has 140 valence electrons. The molecule has 4 atom stereocenters. The van der Waals surface area contributed by atoms with Crippen LogP contribution >= 0.6 is 0 Å². The number of β-lactam (4-membered cyclic amide) rings is 1. The van der Waals surface area contributed by atoms with Crippen LogP contribution in [0.15, 0.2) is 0 Å². The summed E-state index contributed by atoms with van der Waals surface area (Å²) in [5, 5.41) is 11.5. The zero-order chi connectivity index (χ0) is 19.7. The standard InChI is InChI=1S/C16H27N3O5Si/c1-8(13(20)12(19-17)15(22)23)11-10(14(21)18-11)9(2)24-25(6,7)16(3,4)5/h8-11H,1-7H3,(H,18,21)(H,22,23)/t8-,9-,10-,11-/m1/s1. The van der Waals surface area contributed by atoms with Crippen molar-refractivity contribution < 1.29 is 28.7 Å². The smallest absolute Gasteiger partial charge is 0.441 e. The third-order valence-corrected chi connectivity index (χ3v) is 9.85. The van der Waals surface area contributed by atoms with Crippen molar-refractivity contribution in [1.82, 2.24) is 5.32 Å². The fourth-order valence-corrected chi connectivity index (χ4v) is 4.08. The normalized spacial score (nSPS) is 22.9. The number of nitrogens with zero attached hydrogens (tertiary/aromatic N) is 2. The van der Waals surface area contributed by atoms with Gasteiger partial charge < -0.3 is 20.4 Å². The van der Waals surface area contributed by atoms with E-state index < -0.39 is 49.8 Å². The quantitative estimate of drug-likeness (QED) is 0.175. The Kier molecular flexibility index (Phi) is 6.10. The number of hydrogen-bond donors (Lipinski definition) is 2. The largest absolute Gasteiger partial charge is 0.472 e. The molecule has 2 N–H and O–H groups in total. The molecule has 0 aromatic rings. The van der Waals surface area contributed by atoms with Gasteiger partial charge in [-0.3, -0.25) is 9.59 Å². The van der Waals surface area contributed by atoms with Crippen molar-refractivity contribution in [2.24, 2.45) is 11.8 Å². The molecular weight excluding hydrogens is 342 g/mol. The molecule has 8 nitrogen and oxygen atoms in total. The minimum atomic E-state index is -2.10. The third-order valence-electron chi connectivity index (χ3n) is 5.28. The molecule has 0 saturated carbocycles. The van der Waals surface area contributed by atoms with Crippen molar-refractivity contribution in [2.75, 3.05) is 0 Å². The van der Waals surface area contributed by atoms with E-state index in [-0.39, 0.29) is 10.9 Å². The number of carboxylic acids is 1. The Hall–Kier alpha value is -1.83. The number of rotatable bonds is 7. The third kappa shape index (κ3) is 4.23. The monoisotopic (exact) mass is 369 g/mol. The van der Waals surface area contributed by atoms with Crippen LogP contribution in [0.1, 0.15) is 34.6 Å². The van der Waals surface area contributed by atoms with Gasteiger partial charge >= 0.3 is 11.7 Å². The SMILES string of the molecule is C[C@@H](O[Si](C)(C)C(C)(C)C)[C@H]1C(=O)N[C@@H]1[C@@H](C)C(=O)C(=[N+]=[N-])C(=O)O. The van der Waals surface area contributed by atoms with Crippen molar-refractivity contribution in [1.29, 1.82) is 0 Å². The molecule has 0 radical (unpaired) electrons. The van der Waals surface area contributed by atoms with Gasteiger partial charge in [-0.25, -0.2) is 4.79 Å². The minimum Gasteiger partial charge on any atom is -0.472 e. The Balaban J connectivity index is 2.94. The van der Waals surface area contributed by atoms with E-state index in [1.807, 2.05) is 0 Å². The van der Waals surface area contributed by atoms with Gasteiger partial charge in [0.1, 0.15) is 0 Å². The summed E-state index contributed by atoms with van der Waals surface area (Å²) >= 11 is 0. The van der Waals surface area contributed by atoms with Gasteiger partial charge in [-0.05, 0) is 25.1 Å². The van der Waals surface area contributed by atoms with E-state index in [1.165, 1.54) is 6.92 Å². The van der Waals surface area contributed by atoms with Crippen molar-refractivity contribution in [3.63, 3.8) is 0 Å². The van der Waals surface area contributed by atoms with Gasteiger partial charge in [-0.1, -0.05) is 27.7 Å². The lowest BCUT2D eigenvalue weighted by atomic mass is 9.76. The fraction of sp³-hybridized carbons (Fsp3) is 0.750. The molecule has 0 aromatic heterocycles. The number of ketones is 1. The van der Waals surface area contributed by atoms with Crippen LogP contribution in [0, 0.1) is 11.8 Å². The van der Waals surface area contributed by atoms with Gasteiger partial charge in [0.25, 0.3) is 5.78 Å². The van der Waals surface area contributed by atoms with Gasteiger partial charge in [0.2, 0.25) is 5.91 Å². The Labute approximate surface area is 148 Å². The molecule has 1 saturated heterocycles. The molecule has 0 bridgehead atoms. The minimum absolute atomic E-state index is 0.0293. The number of carboxylic acid groups (broad SMARTS) is 1. The number of nitrogens with one attached hydrogen (secondary N) is 1. The van der Waals surface area contributed by atoms with Crippen LogP contribution in [0.4, 0.5) is 0 Å². The molecule has 1 aliphatic heterocycles. The topological polar surface area (TPSA) is 129 Å². The lowest BCUT2D eigenvalue weighted by Gasteiger charge is -2.46. The molecule has 1 rings (SSSR count). The Morgan fingerprint density at radius 1 is 1.32 bits per heavy atom. The summed E-state index contributed by atoms with van der Waals surface area (Å²) in [5.74, 6) is -4.05. The molecule has 1 heterocycles. The zero-order valence-electron chi connectivity index (χ0n) is 15.8. The zero-order valence-corrected chi connectivity index (χ0v) is 16.8. The van der Waals surface area contributed by atoms with Crippen LogP contribution in [0.2, 0.25) is 18.1 Å². The van der Waals surface area contributed by atoms with Crippen LogP contribution in [-0.2, 0) is 18.8 Å². The van der Waals surface area contributed by atoms with Crippen molar-refractivity contribution in [2.45, 2.75) is 64.9 Å². The van der Waals surface area contributed by atoms with Crippen molar-refractivity contribution in [3.05, 3.63) is 5.53 Å². The summed E-state index contributed by atoms with van der Waals surface area (Å²) in [6.45, 7) is 13.7. The predicted molar refractivity (Wildman–Crippen MR) is 93.6 cm³/mol. The number of carbonyl (C=O) groups is 3. The first-order chi connectivity index (χ1) is 11.2. The van der Waals surface area contributed by atoms with Crippen LogP contribution in [0.5, 0.6) is 0 Å². The van der Waals surface area contributed by atoms with Crippen LogP contribution in [0.25, 0.3) is 5.53 Å². The van der Waals surface area contributed by atoms with E-state index in [4.69, 9.17) is 15.1 Å². The van der Waals surface area contributed by atoms with E-state index in [0.29, 0.717) is 0 Å². The number of Topliss-reactive ketones (excluding diaryl/α,β-unsaturated/α-hetero) is 1. The first kappa shape index (κ1) is 21.2. The van der Waals surface area contributed by atoms with E-state index >= 15 is 0 Å².